The summed E-state index contributed by atoms with van der Waals surface area (Å²) in [6.45, 7) is -6.84. The van der Waals surface area contributed by atoms with Crippen molar-refractivity contribution in [2.75, 3.05) is 0 Å². The molecular formula is C49H35BIrN2O2-2. The van der Waals surface area contributed by atoms with E-state index >= 15 is 0 Å². The molecule has 8 aromatic rings. The monoisotopic (exact) mass is 896 g/mol. The summed E-state index contributed by atoms with van der Waals surface area (Å²) in [5.74, 6) is 3.01. The number of para-hydroxylation sites is 1. The number of aromatic nitrogens is 2. The molecule has 4 heterocycles. The van der Waals surface area contributed by atoms with E-state index in [-0.39, 0.29) is 43.5 Å². The van der Waals surface area contributed by atoms with Crippen LogP contribution in [0, 0.1) is 32.7 Å². The number of aryl methyl sites for hydroxylation is 3. The van der Waals surface area contributed by atoms with Gasteiger partial charge in [-0.05, 0) is 82.1 Å². The average molecular weight is 896 g/mol. The molecule has 267 valence electrons. The number of pyridine rings is 2. The van der Waals surface area contributed by atoms with Crippen molar-refractivity contribution in [2.24, 2.45) is 0 Å². The van der Waals surface area contributed by atoms with E-state index in [1.54, 1.807) is 12.1 Å². The number of nitrogens with zero attached hydrogens (tertiary/aromatic N) is 2. The first-order valence-corrected chi connectivity index (χ1v) is 17.4. The molecule has 2 aliphatic heterocycles. The minimum atomic E-state index is -2.30. The molecular weight excluding hydrogens is 852 g/mol. The SMILES string of the molecule is [2H]C([2H])([2H])c1c[c-]c(-c2cc(-c3ccccc3)c(C([2H])([2H])[2H])cn2)cc1.[2H]C([2H])([2H])c1cnc(-c2[c-]ccc3c2Oc2cccc4c2B3c2ccccc2O4)cc1-c1ccccc1.[Ir]. The smallest absolute Gasteiger partial charge is 0.241 e. The van der Waals surface area contributed by atoms with Gasteiger partial charge in [0, 0.05) is 56.0 Å². The van der Waals surface area contributed by atoms with Crippen molar-refractivity contribution in [1.29, 1.82) is 0 Å². The van der Waals surface area contributed by atoms with Gasteiger partial charge in [-0.2, -0.15) is 0 Å². The Morgan fingerprint density at radius 1 is 0.582 bits per heavy atom. The Morgan fingerprint density at radius 3 is 1.89 bits per heavy atom. The van der Waals surface area contributed by atoms with Gasteiger partial charge in [-0.25, -0.2) is 0 Å². The van der Waals surface area contributed by atoms with E-state index < -0.39 is 20.6 Å². The molecule has 0 fully saturated rings. The summed E-state index contributed by atoms with van der Waals surface area (Å²) in [4.78, 5) is 8.86. The topological polar surface area (TPSA) is 44.2 Å². The van der Waals surface area contributed by atoms with Crippen LogP contribution in [-0.4, -0.2) is 16.7 Å². The van der Waals surface area contributed by atoms with E-state index in [0.29, 0.717) is 39.4 Å². The van der Waals surface area contributed by atoms with Gasteiger partial charge in [0.05, 0.1) is 0 Å². The molecule has 2 aromatic heterocycles. The maximum atomic E-state index is 8.07. The Morgan fingerprint density at radius 2 is 1.22 bits per heavy atom. The number of benzene rings is 6. The maximum absolute atomic E-state index is 8.07. The fourth-order valence-electron chi connectivity index (χ4n) is 7.03. The van der Waals surface area contributed by atoms with Gasteiger partial charge in [0.1, 0.15) is 17.2 Å². The summed E-state index contributed by atoms with van der Waals surface area (Å²) in [6, 6.07) is 50.9. The number of rotatable bonds is 4. The molecule has 55 heavy (non-hydrogen) atoms. The van der Waals surface area contributed by atoms with Gasteiger partial charge in [-0.15, -0.1) is 59.1 Å². The van der Waals surface area contributed by atoms with Crippen LogP contribution in [0.2, 0.25) is 0 Å². The zero-order chi connectivity index (χ0) is 44.1. The molecule has 6 aromatic carbocycles. The Bertz CT molecular complexity index is 2980. The van der Waals surface area contributed by atoms with E-state index in [9.17, 15) is 0 Å². The minimum absolute atomic E-state index is 0. The van der Waals surface area contributed by atoms with Gasteiger partial charge in [-0.3, -0.25) is 0 Å². The Labute approximate surface area is 349 Å². The fraction of sp³-hybridized carbons (Fsp3) is 0.0612. The van der Waals surface area contributed by atoms with Crippen LogP contribution >= 0.6 is 0 Å². The number of ether oxygens (including phenoxy) is 2. The summed E-state index contributed by atoms with van der Waals surface area (Å²) in [6.07, 6.45) is 2.81. The first-order valence-electron chi connectivity index (χ1n) is 21.9. The Kier molecular flexibility index (Phi) is 7.44. The van der Waals surface area contributed by atoms with Gasteiger partial charge >= 0.3 is 0 Å². The summed E-state index contributed by atoms with van der Waals surface area (Å²) in [7, 11) is 0. The van der Waals surface area contributed by atoms with Crippen LogP contribution in [0.4, 0.5) is 0 Å². The molecule has 2 aliphatic rings. The summed E-state index contributed by atoms with van der Waals surface area (Å²) >= 11 is 0. The van der Waals surface area contributed by atoms with Crippen LogP contribution < -0.4 is 25.9 Å². The predicted molar refractivity (Wildman–Crippen MR) is 220 cm³/mol. The van der Waals surface area contributed by atoms with Crippen molar-refractivity contribution in [3.63, 3.8) is 0 Å². The fourth-order valence-corrected chi connectivity index (χ4v) is 7.03. The van der Waals surface area contributed by atoms with Crippen LogP contribution in [0.5, 0.6) is 23.0 Å². The molecule has 0 amide bonds. The first kappa shape index (κ1) is 26.7. The molecule has 0 spiro atoms. The minimum Gasteiger partial charge on any atom is -0.503 e. The summed E-state index contributed by atoms with van der Waals surface area (Å²) in [5, 5.41) is 0. The maximum Gasteiger partial charge on any atom is 0.241 e. The first-order chi connectivity index (χ1) is 30.1. The standard InChI is InChI=1S/C30H19BNO2.C19H16N.Ir/c1-19-18-32-25(17-22(19)20-9-3-2-4-10-20)21-11-7-13-24-30(21)34-28-16-8-15-27-29(28)31(24)23-12-5-6-14-26(23)33-27;1-14-8-10-17(11-9-14)19-12-18(15(2)13-20-19)16-6-4-3-5-7-16;/h2-10,12-18H,1H3;3-10,12-13H,1-2H3;/q2*-1;/i1D3;1D3,2D3;. The van der Waals surface area contributed by atoms with E-state index in [1.165, 1.54) is 24.5 Å². The van der Waals surface area contributed by atoms with Crippen molar-refractivity contribution >= 4 is 23.1 Å². The largest absolute Gasteiger partial charge is 0.503 e. The molecule has 6 heteroatoms. The van der Waals surface area contributed by atoms with Gasteiger partial charge in [0.15, 0.2) is 0 Å². The Hall–Kier alpha value is -6.07. The van der Waals surface area contributed by atoms with Gasteiger partial charge in [0.25, 0.3) is 0 Å². The third-order valence-corrected chi connectivity index (χ3v) is 9.59. The van der Waals surface area contributed by atoms with Crippen LogP contribution in [-0.2, 0) is 20.1 Å². The average Bonchev–Trinajstić information content (AvgIpc) is 3.28. The third-order valence-electron chi connectivity index (χ3n) is 9.59. The van der Waals surface area contributed by atoms with Crippen molar-refractivity contribution in [3.05, 3.63) is 187 Å². The molecule has 10 rings (SSSR count). The normalized spacial score (nSPS) is 14.8. The molecule has 4 nitrogen and oxygen atoms in total. The quantitative estimate of drug-likeness (QED) is 0.130. The van der Waals surface area contributed by atoms with E-state index in [2.05, 4.69) is 28.2 Å². The predicted octanol–water partition coefficient (Wildman–Crippen LogP) is 10.1. The molecule has 1 radical (unpaired) electrons. The van der Waals surface area contributed by atoms with Crippen molar-refractivity contribution in [1.82, 2.24) is 9.97 Å². The van der Waals surface area contributed by atoms with Gasteiger partial charge in [0.2, 0.25) is 6.71 Å². The zero-order valence-electron chi connectivity index (χ0n) is 38.1. The van der Waals surface area contributed by atoms with E-state index in [1.807, 2.05) is 115 Å². The second-order valence-electron chi connectivity index (χ2n) is 12.9. The zero-order valence-corrected chi connectivity index (χ0v) is 31.5. The molecule has 0 atom stereocenters. The number of hydrogen-bond donors (Lipinski definition) is 0. The molecule has 0 saturated carbocycles. The van der Waals surface area contributed by atoms with Gasteiger partial charge < -0.3 is 19.4 Å². The molecule has 0 bridgehead atoms. The van der Waals surface area contributed by atoms with Crippen molar-refractivity contribution in [3.8, 4) is 67.8 Å². The second-order valence-corrected chi connectivity index (χ2v) is 12.9. The molecule has 0 unspecified atom stereocenters. The van der Waals surface area contributed by atoms with Crippen LogP contribution in [0.1, 0.15) is 29.0 Å². The summed E-state index contributed by atoms with van der Waals surface area (Å²) < 4.78 is 82.5. The van der Waals surface area contributed by atoms with Gasteiger partial charge in [-0.1, -0.05) is 109 Å². The Balaban J connectivity index is 0.000000184. The molecule has 0 N–H and O–H groups in total. The van der Waals surface area contributed by atoms with Crippen LogP contribution in [0.15, 0.2) is 158 Å². The van der Waals surface area contributed by atoms with Crippen molar-refractivity contribution in [2.45, 2.75) is 20.6 Å². The molecule has 0 saturated heterocycles. The second kappa shape index (κ2) is 15.4. The van der Waals surface area contributed by atoms with Crippen LogP contribution in [0.25, 0.3) is 44.8 Å². The van der Waals surface area contributed by atoms with E-state index in [0.717, 1.165) is 44.8 Å². The number of hydrogen-bond acceptors (Lipinski definition) is 4. The molecule has 0 aliphatic carbocycles. The number of fused-ring (bicyclic) bond motifs is 4. The van der Waals surface area contributed by atoms with Crippen molar-refractivity contribution < 1.29 is 41.9 Å². The van der Waals surface area contributed by atoms with Crippen LogP contribution in [0.3, 0.4) is 0 Å². The van der Waals surface area contributed by atoms with E-state index in [4.69, 9.17) is 21.8 Å². The third kappa shape index (κ3) is 6.92. The summed E-state index contributed by atoms with van der Waals surface area (Å²) in [5.41, 5.74) is 8.86.